The van der Waals surface area contributed by atoms with Gasteiger partial charge in [-0.2, -0.15) is 0 Å². The molecule has 2 rings (SSSR count). The predicted molar refractivity (Wildman–Crippen MR) is 63.8 cm³/mol. The van der Waals surface area contributed by atoms with Crippen LogP contribution in [0.15, 0.2) is 12.5 Å². The van der Waals surface area contributed by atoms with Crippen molar-refractivity contribution < 1.29 is 9.53 Å². The number of carbonyl (C=O) groups is 1. The zero-order chi connectivity index (χ0) is 12.1. The Hall–Kier alpha value is -1.36. The number of ether oxygens (including phenoxy) is 1. The highest BCUT2D eigenvalue weighted by molar-refractivity contribution is 5.87. The Morgan fingerprint density at radius 1 is 1.71 bits per heavy atom. The molecule has 0 spiro atoms. The maximum atomic E-state index is 11.6. The topological polar surface area (TPSA) is 56.1 Å². The maximum absolute atomic E-state index is 11.6. The van der Waals surface area contributed by atoms with Crippen LogP contribution in [0.2, 0.25) is 0 Å². The quantitative estimate of drug-likeness (QED) is 0.782. The number of hydrogen-bond acceptors (Lipinski definition) is 4. The third-order valence-corrected chi connectivity index (χ3v) is 3.08. The van der Waals surface area contributed by atoms with E-state index in [0.29, 0.717) is 18.3 Å². The van der Waals surface area contributed by atoms with E-state index in [9.17, 15) is 4.79 Å². The SMILES string of the molecule is CCOC(=O)c1cncn1CCC1CCCN1. The summed E-state index contributed by atoms with van der Waals surface area (Å²) in [4.78, 5) is 15.6. The largest absolute Gasteiger partial charge is 0.461 e. The molecule has 1 aromatic rings. The molecular weight excluding hydrogens is 218 g/mol. The molecule has 5 nitrogen and oxygen atoms in total. The molecule has 17 heavy (non-hydrogen) atoms. The molecule has 5 heteroatoms. The van der Waals surface area contributed by atoms with Crippen LogP contribution < -0.4 is 5.32 Å². The number of esters is 1. The third kappa shape index (κ3) is 3.06. The molecule has 1 aliphatic heterocycles. The Bertz CT molecular complexity index is 370. The smallest absolute Gasteiger partial charge is 0.356 e. The Labute approximate surface area is 101 Å². The molecule has 1 saturated heterocycles. The molecule has 1 N–H and O–H groups in total. The number of rotatable bonds is 5. The van der Waals surface area contributed by atoms with E-state index < -0.39 is 0 Å². The van der Waals surface area contributed by atoms with Gasteiger partial charge in [0.05, 0.1) is 19.1 Å². The van der Waals surface area contributed by atoms with Crippen molar-refractivity contribution in [2.45, 2.75) is 38.8 Å². The predicted octanol–water partition coefficient (Wildman–Crippen LogP) is 1.20. The highest BCUT2D eigenvalue weighted by Gasteiger charge is 2.16. The molecule has 1 atom stereocenters. The first-order valence-corrected chi connectivity index (χ1v) is 6.22. The minimum absolute atomic E-state index is 0.288. The summed E-state index contributed by atoms with van der Waals surface area (Å²) in [5.41, 5.74) is 0.546. The van der Waals surface area contributed by atoms with Crippen LogP contribution >= 0.6 is 0 Å². The minimum atomic E-state index is -0.288. The van der Waals surface area contributed by atoms with E-state index >= 15 is 0 Å². The molecule has 2 heterocycles. The molecular formula is C12H19N3O2. The first kappa shape index (κ1) is 12.1. The van der Waals surface area contributed by atoms with Gasteiger partial charge in [0.1, 0.15) is 5.69 Å². The standard InChI is InChI=1S/C12H19N3O2/c1-2-17-12(16)11-8-13-9-15(11)7-5-10-4-3-6-14-10/h8-10,14H,2-7H2,1H3. The monoisotopic (exact) mass is 237 g/mol. The summed E-state index contributed by atoms with van der Waals surface area (Å²) in [6.07, 6.45) is 6.77. The van der Waals surface area contributed by atoms with Gasteiger partial charge in [0.25, 0.3) is 0 Å². The molecule has 1 aliphatic rings. The summed E-state index contributed by atoms with van der Waals surface area (Å²) in [6.45, 7) is 4.13. The average molecular weight is 237 g/mol. The third-order valence-electron chi connectivity index (χ3n) is 3.08. The first-order valence-electron chi connectivity index (χ1n) is 6.22. The van der Waals surface area contributed by atoms with Gasteiger partial charge in [-0.05, 0) is 32.7 Å². The lowest BCUT2D eigenvalue weighted by Crippen LogP contribution is -2.23. The van der Waals surface area contributed by atoms with Gasteiger partial charge in [0.2, 0.25) is 0 Å². The van der Waals surface area contributed by atoms with Crippen LogP contribution in [0.4, 0.5) is 0 Å². The molecule has 0 amide bonds. The molecule has 0 aliphatic carbocycles. The van der Waals surface area contributed by atoms with Gasteiger partial charge in [-0.3, -0.25) is 0 Å². The minimum Gasteiger partial charge on any atom is -0.461 e. The molecule has 0 saturated carbocycles. The van der Waals surface area contributed by atoms with Gasteiger partial charge in [-0.1, -0.05) is 0 Å². The van der Waals surface area contributed by atoms with E-state index in [0.717, 1.165) is 19.5 Å². The van der Waals surface area contributed by atoms with Crippen LogP contribution in [-0.4, -0.2) is 34.7 Å². The number of hydrogen-bond donors (Lipinski definition) is 1. The van der Waals surface area contributed by atoms with Crippen LogP contribution in [-0.2, 0) is 11.3 Å². The molecule has 94 valence electrons. The van der Waals surface area contributed by atoms with Gasteiger partial charge in [-0.15, -0.1) is 0 Å². The van der Waals surface area contributed by atoms with Crippen molar-refractivity contribution in [1.29, 1.82) is 0 Å². The Kier molecular flexibility index (Phi) is 4.14. The zero-order valence-corrected chi connectivity index (χ0v) is 10.2. The van der Waals surface area contributed by atoms with Gasteiger partial charge >= 0.3 is 5.97 Å². The number of nitrogens with one attached hydrogen (secondary N) is 1. The molecule has 0 radical (unpaired) electrons. The molecule has 1 aromatic heterocycles. The second kappa shape index (κ2) is 5.82. The molecule has 0 bridgehead atoms. The summed E-state index contributed by atoms with van der Waals surface area (Å²) in [5.74, 6) is -0.288. The lowest BCUT2D eigenvalue weighted by molar-refractivity contribution is 0.0513. The summed E-state index contributed by atoms with van der Waals surface area (Å²) in [5, 5.41) is 3.44. The van der Waals surface area contributed by atoms with E-state index in [4.69, 9.17) is 4.74 Å². The molecule has 1 unspecified atom stereocenters. The van der Waals surface area contributed by atoms with Gasteiger partial charge in [0.15, 0.2) is 0 Å². The average Bonchev–Trinajstić information content (AvgIpc) is 2.98. The second-order valence-electron chi connectivity index (χ2n) is 4.27. The highest BCUT2D eigenvalue weighted by atomic mass is 16.5. The van der Waals surface area contributed by atoms with Crippen molar-refractivity contribution in [3.05, 3.63) is 18.2 Å². The fourth-order valence-electron chi connectivity index (χ4n) is 2.17. The van der Waals surface area contributed by atoms with Crippen molar-refractivity contribution >= 4 is 5.97 Å². The van der Waals surface area contributed by atoms with Crippen LogP contribution in [0, 0.1) is 0 Å². The van der Waals surface area contributed by atoms with Crippen LogP contribution in [0.25, 0.3) is 0 Å². The lowest BCUT2D eigenvalue weighted by Gasteiger charge is -2.12. The van der Waals surface area contributed by atoms with Crippen molar-refractivity contribution in [2.75, 3.05) is 13.2 Å². The fraction of sp³-hybridized carbons (Fsp3) is 0.667. The van der Waals surface area contributed by atoms with E-state index in [-0.39, 0.29) is 5.97 Å². The van der Waals surface area contributed by atoms with Gasteiger partial charge < -0.3 is 14.6 Å². The van der Waals surface area contributed by atoms with Crippen LogP contribution in [0.3, 0.4) is 0 Å². The number of aryl methyl sites for hydroxylation is 1. The van der Waals surface area contributed by atoms with E-state index in [1.54, 1.807) is 19.4 Å². The summed E-state index contributed by atoms with van der Waals surface area (Å²) >= 11 is 0. The molecule has 1 fully saturated rings. The normalized spacial score (nSPS) is 19.5. The zero-order valence-electron chi connectivity index (χ0n) is 10.2. The Balaban J connectivity index is 1.91. The van der Waals surface area contributed by atoms with E-state index in [1.807, 2.05) is 4.57 Å². The summed E-state index contributed by atoms with van der Waals surface area (Å²) < 4.78 is 6.86. The number of carbonyl (C=O) groups excluding carboxylic acids is 1. The number of nitrogens with zero attached hydrogens (tertiary/aromatic N) is 2. The van der Waals surface area contributed by atoms with Crippen molar-refractivity contribution in [1.82, 2.24) is 14.9 Å². The Morgan fingerprint density at radius 3 is 3.29 bits per heavy atom. The van der Waals surface area contributed by atoms with Crippen LogP contribution in [0.5, 0.6) is 0 Å². The summed E-state index contributed by atoms with van der Waals surface area (Å²) in [6, 6.07) is 0.576. The van der Waals surface area contributed by atoms with Gasteiger partial charge in [-0.25, -0.2) is 9.78 Å². The number of aromatic nitrogens is 2. The number of imidazole rings is 1. The lowest BCUT2D eigenvalue weighted by atomic mass is 10.1. The van der Waals surface area contributed by atoms with Crippen molar-refractivity contribution in [3.8, 4) is 0 Å². The maximum Gasteiger partial charge on any atom is 0.356 e. The van der Waals surface area contributed by atoms with Crippen molar-refractivity contribution in [3.63, 3.8) is 0 Å². The first-order chi connectivity index (χ1) is 8.31. The fourth-order valence-corrected chi connectivity index (χ4v) is 2.17. The van der Waals surface area contributed by atoms with E-state index in [2.05, 4.69) is 10.3 Å². The highest BCUT2D eigenvalue weighted by Crippen LogP contribution is 2.11. The van der Waals surface area contributed by atoms with Crippen molar-refractivity contribution in [2.24, 2.45) is 0 Å². The van der Waals surface area contributed by atoms with Gasteiger partial charge in [0, 0.05) is 12.6 Å². The second-order valence-corrected chi connectivity index (χ2v) is 4.27. The molecule has 0 aromatic carbocycles. The summed E-state index contributed by atoms with van der Waals surface area (Å²) in [7, 11) is 0. The van der Waals surface area contributed by atoms with Crippen LogP contribution in [0.1, 0.15) is 36.7 Å². The Morgan fingerprint density at radius 2 is 2.59 bits per heavy atom. The van der Waals surface area contributed by atoms with E-state index in [1.165, 1.54) is 12.8 Å².